The van der Waals surface area contributed by atoms with Crippen LogP contribution in [0.15, 0.2) is 76.8 Å². The number of amides is 2. The van der Waals surface area contributed by atoms with E-state index in [1.807, 2.05) is 6.92 Å². The zero-order chi connectivity index (χ0) is 24.1. The first-order valence-corrected chi connectivity index (χ1v) is 10.9. The van der Waals surface area contributed by atoms with Crippen molar-refractivity contribution in [2.75, 3.05) is 17.7 Å². The average Bonchev–Trinajstić information content (AvgIpc) is 2.80. The summed E-state index contributed by atoms with van der Waals surface area (Å²) >= 11 is 3.35. The van der Waals surface area contributed by atoms with Crippen molar-refractivity contribution < 1.29 is 9.18 Å². The summed E-state index contributed by atoms with van der Waals surface area (Å²) in [5.41, 5.74) is 1.57. The van der Waals surface area contributed by atoms with Crippen molar-refractivity contribution in [3.63, 3.8) is 0 Å². The number of allylic oxidation sites excluding steroid dienone is 3. The summed E-state index contributed by atoms with van der Waals surface area (Å²) in [4.78, 5) is 30.0. The summed E-state index contributed by atoms with van der Waals surface area (Å²) in [6.07, 6.45) is 6.14. The predicted molar refractivity (Wildman–Crippen MR) is 135 cm³/mol. The molecule has 0 aliphatic heterocycles. The van der Waals surface area contributed by atoms with Gasteiger partial charge < -0.3 is 20.5 Å². The molecule has 33 heavy (non-hydrogen) atoms. The number of aryl methyl sites for hydroxylation is 1. The molecule has 3 rings (SSSR count). The third-order valence-electron chi connectivity index (χ3n) is 4.92. The van der Waals surface area contributed by atoms with Gasteiger partial charge in [-0.3, -0.25) is 4.79 Å². The van der Waals surface area contributed by atoms with Gasteiger partial charge >= 0.3 is 6.03 Å². The number of nitrogens with one attached hydrogen (secondary N) is 3. The molecule has 0 aliphatic rings. The molecule has 3 N–H and O–H groups in total. The number of carbonyl (C=O) groups is 1. The second-order valence-corrected chi connectivity index (χ2v) is 7.79. The molecular weight excluding hydrogens is 489 g/mol. The fourth-order valence-electron chi connectivity index (χ4n) is 3.34. The zero-order valence-corrected chi connectivity index (χ0v) is 19.8. The van der Waals surface area contributed by atoms with Crippen LogP contribution in [0.1, 0.15) is 6.92 Å². The van der Waals surface area contributed by atoms with E-state index in [-0.39, 0.29) is 11.2 Å². The second kappa shape index (κ2) is 10.3. The first-order valence-electron chi connectivity index (χ1n) is 10.1. The smallest absolute Gasteiger partial charge is 0.323 e. The molecule has 0 saturated carbocycles. The Bertz CT molecular complexity index is 1350. The maximum atomic E-state index is 14.6. The molecule has 2 aromatic heterocycles. The minimum Gasteiger partial charge on any atom is -0.373 e. The number of rotatable bonds is 7. The number of carbonyl (C=O) groups excluding carboxylic acids is 1. The quantitative estimate of drug-likeness (QED) is 0.370. The molecule has 0 saturated heterocycles. The van der Waals surface area contributed by atoms with Gasteiger partial charge in [-0.25, -0.2) is 14.2 Å². The van der Waals surface area contributed by atoms with E-state index in [1.165, 1.54) is 24.3 Å². The van der Waals surface area contributed by atoms with Crippen LogP contribution in [0.5, 0.6) is 0 Å². The summed E-state index contributed by atoms with van der Waals surface area (Å²) in [7, 11) is 1.75. The standard InChI is InChI=1S/C24H23BrFN5O2/c1-5-8-15(6-2)29-24(33)30-20-10-16(18(25)11-19(20)26)17-9-14-13-28-22(27-4)12-21(14)31(7-3)23(17)32/h5-6,8-13H,1-2,7H2,3-4H3,(H,27,28)(H2,29,30,33)/b15-8+. The highest BCUT2D eigenvalue weighted by Gasteiger charge is 2.17. The largest absolute Gasteiger partial charge is 0.373 e. The summed E-state index contributed by atoms with van der Waals surface area (Å²) in [6, 6.07) is 5.47. The van der Waals surface area contributed by atoms with Crippen LogP contribution in [0, 0.1) is 5.82 Å². The molecule has 0 unspecified atom stereocenters. The van der Waals surface area contributed by atoms with Gasteiger partial charge in [0.15, 0.2) is 0 Å². The van der Waals surface area contributed by atoms with E-state index in [9.17, 15) is 14.0 Å². The van der Waals surface area contributed by atoms with Crippen LogP contribution in [0.2, 0.25) is 0 Å². The molecule has 0 radical (unpaired) electrons. The molecule has 0 atom stereocenters. The molecule has 7 nitrogen and oxygen atoms in total. The van der Waals surface area contributed by atoms with Crippen LogP contribution in [-0.2, 0) is 6.54 Å². The third kappa shape index (κ3) is 5.04. The number of anilines is 2. The van der Waals surface area contributed by atoms with Gasteiger partial charge in [0.2, 0.25) is 0 Å². The molecule has 0 spiro atoms. The number of aromatic nitrogens is 2. The van der Waals surface area contributed by atoms with Crippen molar-refractivity contribution in [2.45, 2.75) is 13.5 Å². The fourth-order valence-corrected chi connectivity index (χ4v) is 3.87. The highest BCUT2D eigenvalue weighted by atomic mass is 79.9. The second-order valence-electron chi connectivity index (χ2n) is 6.94. The minimum absolute atomic E-state index is 0.0843. The molecule has 3 aromatic rings. The normalized spacial score (nSPS) is 11.2. The third-order valence-corrected chi connectivity index (χ3v) is 5.58. The lowest BCUT2D eigenvalue weighted by molar-refractivity contribution is 0.254. The molecule has 0 fully saturated rings. The molecule has 0 aliphatic carbocycles. The lowest BCUT2D eigenvalue weighted by Crippen LogP contribution is -2.28. The monoisotopic (exact) mass is 511 g/mol. The van der Waals surface area contributed by atoms with Crippen LogP contribution in [0.25, 0.3) is 22.0 Å². The number of urea groups is 1. The van der Waals surface area contributed by atoms with E-state index in [2.05, 4.69) is 50.0 Å². The Kier molecular flexibility index (Phi) is 7.44. The number of fused-ring (bicyclic) bond motifs is 1. The van der Waals surface area contributed by atoms with Gasteiger partial charge in [-0.1, -0.05) is 35.2 Å². The molecule has 1 aromatic carbocycles. The topological polar surface area (TPSA) is 88.0 Å². The van der Waals surface area contributed by atoms with Gasteiger partial charge in [0.25, 0.3) is 5.56 Å². The molecule has 0 bridgehead atoms. The van der Waals surface area contributed by atoms with Crippen molar-refractivity contribution in [1.29, 1.82) is 0 Å². The predicted octanol–water partition coefficient (Wildman–Crippen LogP) is 5.40. The van der Waals surface area contributed by atoms with Crippen molar-refractivity contribution in [3.05, 3.63) is 88.2 Å². The van der Waals surface area contributed by atoms with Crippen molar-refractivity contribution in [2.24, 2.45) is 0 Å². The fraction of sp³-hybridized carbons (Fsp3) is 0.125. The number of hydrogen-bond donors (Lipinski definition) is 3. The van der Waals surface area contributed by atoms with Crippen LogP contribution < -0.4 is 21.5 Å². The van der Waals surface area contributed by atoms with E-state index in [1.54, 1.807) is 36.0 Å². The maximum Gasteiger partial charge on any atom is 0.323 e. The summed E-state index contributed by atoms with van der Waals surface area (Å²) in [6.45, 7) is 9.46. The van der Waals surface area contributed by atoms with Crippen LogP contribution in [0.3, 0.4) is 0 Å². The van der Waals surface area contributed by atoms with Gasteiger partial charge in [-0.15, -0.1) is 0 Å². The van der Waals surface area contributed by atoms with E-state index in [4.69, 9.17) is 0 Å². The Morgan fingerprint density at radius 1 is 1.24 bits per heavy atom. The van der Waals surface area contributed by atoms with Crippen LogP contribution >= 0.6 is 15.9 Å². The van der Waals surface area contributed by atoms with E-state index in [0.29, 0.717) is 33.7 Å². The first kappa shape index (κ1) is 23.9. The highest BCUT2D eigenvalue weighted by molar-refractivity contribution is 9.10. The Morgan fingerprint density at radius 2 is 2.00 bits per heavy atom. The summed E-state index contributed by atoms with van der Waals surface area (Å²) < 4.78 is 16.6. The van der Waals surface area contributed by atoms with Gasteiger partial charge in [-0.05, 0) is 37.3 Å². The van der Waals surface area contributed by atoms with Crippen LogP contribution in [-0.4, -0.2) is 22.6 Å². The molecule has 9 heteroatoms. The molecular formula is C24H23BrFN5O2. The number of nitrogens with zero attached hydrogens (tertiary/aromatic N) is 2. The van der Waals surface area contributed by atoms with Gasteiger partial charge in [0.05, 0.1) is 11.2 Å². The van der Waals surface area contributed by atoms with Gasteiger partial charge in [-0.2, -0.15) is 0 Å². The number of halogens is 2. The van der Waals surface area contributed by atoms with Crippen molar-refractivity contribution >= 4 is 44.4 Å². The van der Waals surface area contributed by atoms with Gasteiger partial charge in [0, 0.05) is 52.5 Å². The Balaban J connectivity index is 2.10. The van der Waals surface area contributed by atoms with Crippen molar-refractivity contribution in [3.8, 4) is 11.1 Å². The number of pyridine rings is 2. The van der Waals surface area contributed by atoms with Crippen molar-refractivity contribution in [1.82, 2.24) is 14.9 Å². The van der Waals surface area contributed by atoms with E-state index in [0.717, 1.165) is 10.9 Å². The maximum absolute atomic E-state index is 14.6. The molecule has 170 valence electrons. The number of benzene rings is 1. The SMILES string of the molecule is C=C/C=C(\C=C)NC(=O)Nc1cc(-c2cc3cnc(NC)cc3n(CC)c2=O)c(Br)cc1F. The Morgan fingerprint density at radius 3 is 2.64 bits per heavy atom. The Labute approximate surface area is 198 Å². The van der Waals surface area contributed by atoms with E-state index < -0.39 is 11.8 Å². The summed E-state index contributed by atoms with van der Waals surface area (Å²) in [5.74, 6) is -0.0210. The zero-order valence-electron chi connectivity index (χ0n) is 18.2. The molecule has 2 heterocycles. The van der Waals surface area contributed by atoms with E-state index >= 15 is 0 Å². The first-order chi connectivity index (χ1) is 15.8. The lowest BCUT2D eigenvalue weighted by atomic mass is 10.0. The van der Waals surface area contributed by atoms with Gasteiger partial charge in [0.1, 0.15) is 11.6 Å². The highest BCUT2D eigenvalue weighted by Crippen LogP contribution is 2.33. The Hall–Kier alpha value is -3.72. The minimum atomic E-state index is -0.663. The number of hydrogen-bond acceptors (Lipinski definition) is 4. The average molecular weight is 512 g/mol. The lowest BCUT2D eigenvalue weighted by Gasteiger charge is -2.15. The molecule has 2 amide bonds. The van der Waals surface area contributed by atoms with Crippen LogP contribution in [0.4, 0.5) is 20.7 Å². The summed E-state index contributed by atoms with van der Waals surface area (Å²) in [5, 5.41) is 8.73.